The van der Waals surface area contributed by atoms with Crippen LogP contribution in [0.2, 0.25) is 0 Å². The summed E-state index contributed by atoms with van der Waals surface area (Å²) in [6.45, 7) is 0. The largest absolute Gasteiger partial charge is 0.417 e. The summed E-state index contributed by atoms with van der Waals surface area (Å²) in [5, 5.41) is 65.6. The molecule has 0 aliphatic carbocycles. The third-order valence-corrected chi connectivity index (χ3v) is 6.67. The topological polar surface area (TPSA) is 167 Å². The number of hydrogen-bond donors (Lipinski definition) is 0. The van der Waals surface area contributed by atoms with Gasteiger partial charge in [-0.3, -0.25) is 0 Å². The van der Waals surface area contributed by atoms with Crippen molar-refractivity contribution < 1.29 is 52.7 Å². The molecule has 0 saturated carbocycles. The van der Waals surface area contributed by atoms with Gasteiger partial charge in [-0.2, -0.15) is 89.5 Å². The number of halogens is 12. The van der Waals surface area contributed by atoms with Crippen LogP contribution in [-0.4, -0.2) is 0 Å². The molecule has 0 spiro atoms. The first-order chi connectivity index (χ1) is 23.0. The molecule has 0 aliphatic heterocycles. The minimum atomic E-state index is -5.95. The summed E-state index contributed by atoms with van der Waals surface area (Å²) in [4.78, 5) is 0. The van der Waals surface area contributed by atoms with Crippen LogP contribution < -0.4 is 10.4 Å². The standard InChI is InChI=1S/C31H5F12N7/c32-28(33,34)23-3-13(6-44)1-17(26(23)30(38,39)40)19(9-47)16-5-15(8-46)25(22(12-50)20(16)10-48)21(11-49)18-2-14(7-45)4-24(29(35,36)37)27(18)31(41,42)43/h1-5H/b19-16-,25-21-. The third kappa shape index (κ3) is 6.69. The lowest BCUT2D eigenvalue weighted by Gasteiger charge is -2.20. The van der Waals surface area contributed by atoms with E-state index < -0.39 is 107 Å². The van der Waals surface area contributed by atoms with Crippen LogP contribution >= 0.6 is 0 Å². The molecule has 7 nitrogen and oxygen atoms in total. The van der Waals surface area contributed by atoms with Gasteiger partial charge in [0.2, 0.25) is 0 Å². The van der Waals surface area contributed by atoms with Gasteiger partial charge in [-0.15, -0.1) is 0 Å². The summed E-state index contributed by atoms with van der Waals surface area (Å²) in [6.07, 6.45) is -23.5. The van der Waals surface area contributed by atoms with Crippen molar-refractivity contribution in [2.45, 2.75) is 24.7 Å². The van der Waals surface area contributed by atoms with Gasteiger partial charge < -0.3 is 0 Å². The monoisotopic (exact) mass is 703 g/mol. The zero-order valence-corrected chi connectivity index (χ0v) is 23.6. The average Bonchev–Trinajstić information content (AvgIpc) is 3.02. The quantitative estimate of drug-likeness (QED) is 0.272. The normalized spacial score (nSPS) is 12.9. The molecule has 3 aromatic rings. The van der Waals surface area contributed by atoms with Crippen molar-refractivity contribution in [1.82, 2.24) is 0 Å². The highest BCUT2D eigenvalue weighted by Crippen LogP contribution is 2.45. The first-order valence-corrected chi connectivity index (χ1v) is 12.5. The van der Waals surface area contributed by atoms with Crippen molar-refractivity contribution in [3.8, 4) is 42.5 Å². The summed E-state index contributed by atoms with van der Waals surface area (Å²) < 4.78 is 168. The molecular weight excluding hydrogens is 698 g/mol. The predicted molar refractivity (Wildman–Crippen MR) is 138 cm³/mol. The van der Waals surface area contributed by atoms with Crippen LogP contribution in [0, 0.1) is 79.3 Å². The van der Waals surface area contributed by atoms with Gasteiger partial charge in [0.1, 0.15) is 24.3 Å². The summed E-state index contributed by atoms with van der Waals surface area (Å²) in [5.41, 5.74) is -22.7. The van der Waals surface area contributed by atoms with Gasteiger partial charge >= 0.3 is 24.7 Å². The zero-order chi connectivity index (χ0) is 38.1. The lowest BCUT2D eigenvalue weighted by Crippen LogP contribution is -2.28. The van der Waals surface area contributed by atoms with Gasteiger partial charge in [-0.25, -0.2) is 0 Å². The second-order valence-corrected chi connectivity index (χ2v) is 9.51. The molecule has 0 fully saturated rings. The van der Waals surface area contributed by atoms with E-state index in [2.05, 4.69) is 0 Å². The molecule has 3 aromatic carbocycles. The molecule has 0 saturated heterocycles. The highest BCUT2D eigenvalue weighted by Gasteiger charge is 2.47. The van der Waals surface area contributed by atoms with E-state index >= 15 is 0 Å². The Labute approximate surface area is 270 Å². The van der Waals surface area contributed by atoms with Crippen LogP contribution in [0.3, 0.4) is 0 Å². The van der Waals surface area contributed by atoms with E-state index in [1.165, 1.54) is 18.2 Å². The number of benzene rings is 3. The molecule has 50 heavy (non-hydrogen) atoms. The molecule has 0 bridgehead atoms. The van der Waals surface area contributed by atoms with Crippen LogP contribution in [0.5, 0.6) is 0 Å². The Morgan fingerprint density at radius 3 is 1.14 bits per heavy atom. The molecule has 3 rings (SSSR count). The molecule has 0 unspecified atom stereocenters. The predicted octanol–water partition coefficient (Wildman–Crippen LogP) is 6.57. The Kier molecular flexibility index (Phi) is 9.65. The number of rotatable bonds is 2. The maximum atomic E-state index is 14.2. The Morgan fingerprint density at radius 2 is 0.840 bits per heavy atom. The van der Waals surface area contributed by atoms with Crippen LogP contribution in [0.15, 0.2) is 30.3 Å². The fraction of sp³-hybridized carbons (Fsp3) is 0.129. The minimum absolute atomic E-state index is 0.146. The number of alkyl halides is 12. The van der Waals surface area contributed by atoms with Crippen LogP contribution in [0.4, 0.5) is 52.7 Å². The van der Waals surface area contributed by atoms with Crippen molar-refractivity contribution in [2.24, 2.45) is 0 Å². The third-order valence-electron chi connectivity index (χ3n) is 6.67. The van der Waals surface area contributed by atoms with E-state index in [-0.39, 0.29) is 30.3 Å². The smallest absolute Gasteiger partial charge is 0.192 e. The highest BCUT2D eigenvalue weighted by atomic mass is 19.4. The van der Waals surface area contributed by atoms with Gasteiger partial charge in [-0.1, -0.05) is 0 Å². The maximum absolute atomic E-state index is 14.2. The second-order valence-electron chi connectivity index (χ2n) is 9.51. The van der Waals surface area contributed by atoms with Crippen molar-refractivity contribution in [3.63, 3.8) is 0 Å². The van der Waals surface area contributed by atoms with Crippen molar-refractivity contribution >= 4 is 11.1 Å². The Morgan fingerprint density at radius 1 is 0.440 bits per heavy atom. The first-order valence-electron chi connectivity index (χ1n) is 12.5. The molecule has 19 heteroatoms. The van der Waals surface area contributed by atoms with E-state index in [0.29, 0.717) is 0 Å². The van der Waals surface area contributed by atoms with Crippen LogP contribution in [0.25, 0.3) is 11.1 Å². The van der Waals surface area contributed by atoms with E-state index in [0.717, 1.165) is 24.3 Å². The SMILES string of the molecule is N#C/C(c1cc(C#N)cc(C(F)(F)F)c1C(F)(F)F)=c1\cc(C#N)/c(=C(\C#N)c2cc(C#N)cc(C(F)(F)F)c2C(F)(F)F)c(C#N)c1C#N. The number of nitriles is 7. The van der Waals surface area contributed by atoms with Crippen molar-refractivity contribution in [3.05, 3.63) is 102 Å². The van der Waals surface area contributed by atoms with Gasteiger partial charge in [0.05, 0.1) is 79.4 Å². The Hall–Kier alpha value is -7.01. The van der Waals surface area contributed by atoms with E-state index in [4.69, 9.17) is 0 Å². The molecule has 248 valence electrons. The molecule has 0 radical (unpaired) electrons. The van der Waals surface area contributed by atoms with Gasteiger partial charge in [-0.05, 0) is 30.3 Å². The molecule has 0 aliphatic rings. The molecule has 0 N–H and O–H groups in total. The van der Waals surface area contributed by atoms with E-state index in [9.17, 15) is 89.5 Å². The van der Waals surface area contributed by atoms with E-state index in [1.807, 2.05) is 0 Å². The van der Waals surface area contributed by atoms with Gasteiger partial charge in [0.25, 0.3) is 0 Å². The number of hydrogen-bond acceptors (Lipinski definition) is 7. The van der Waals surface area contributed by atoms with E-state index in [1.54, 1.807) is 0 Å². The fourth-order valence-corrected chi connectivity index (χ4v) is 4.84. The highest BCUT2D eigenvalue weighted by molar-refractivity contribution is 5.85. The summed E-state index contributed by atoms with van der Waals surface area (Å²) in [6, 6.07) is 8.28. The summed E-state index contributed by atoms with van der Waals surface area (Å²) >= 11 is 0. The molecular formula is C31H5F12N7. The number of nitrogens with zero attached hydrogens (tertiary/aromatic N) is 7. The lowest BCUT2D eigenvalue weighted by molar-refractivity contribution is -0.162. The first kappa shape index (κ1) is 37.4. The molecule has 0 aromatic heterocycles. The second kappa shape index (κ2) is 12.9. The minimum Gasteiger partial charge on any atom is -0.192 e. The van der Waals surface area contributed by atoms with Gasteiger partial charge in [0.15, 0.2) is 0 Å². The Balaban J connectivity index is 2.89. The van der Waals surface area contributed by atoms with Gasteiger partial charge in [0, 0.05) is 21.6 Å². The molecule has 0 heterocycles. The fourth-order valence-electron chi connectivity index (χ4n) is 4.84. The maximum Gasteiger partial charge on any atom is 0.417 e. The summed E-state index contributed by atoms with van der Waals surface area (Å²) in [5.74, 6) is 0. The average molecular weight is 703 g/mol. The molecule has 0 amide bonds. The van der Waals surface area contributed by atoms with Crippen molar-refractivity contribution in [2.75, 3.05) is 0 Å². The zero-order valence-electron chi connectivity index (χ0n) is 23.6. The molecule has 0 atom stereocenters. The lowest BCUT2D eigenvalue weighted by atomic mass is 9.86. The Bertz CT molecular complexity index is 2400. The summed E-state index contributed by atoms with van der Waals surface area (Å²) in [7, 11) is 0. The van der Waals surface area contributed by atoms with Crippen LogP contribution in [0.1, 0.15) is 61.2 Å². The van der Waals surface area contributed by atoms with Crippen LogP contribution in [-0.2, 0) is 24.7 Å². The van der Waals surface area contributed by atoms with Crippen molar-refractivity contribution in [1.29, 1.82) is 36.8 Å².